The van der Waals surface area contributed by atoms with Gasteiger partial charge >= 0.3 is 6.18 Å². The molecule has 0 aromatic heterocycles. The maximum absolute atomic E-state index is 13.1. The van der Waals surface area contributed by atoms with Crippen LogP contribution in [-0.4, -0.2) is 42.1 Å². The summed E-state index contributed by atoms with van der Waals surface area (Å²) < 4.78 is 39.4. The molecule has 1 saturated carbocycles. The first kappa shape index (κ1) is 19.2. The third kappa shape index (κ3) is 4.98. The zero-order valence-corrected chi connectivity index (χ0v) is 14.6. The number of hydrogen-bond acceptors (Lipinski definition) is 3. The fraction of sp³-hybridized carbons (Fsp3) is 0.632. The van der Waals surface area contributed by atoms with Crippen molar-refractivity contribution in [1.82, 2.24) is 10.2 Å². The number of alkyl halides is 3. The van der Waals surface area contributed by atoms with Crippen LogP contribution in [-0.2, 0) is 11.0 Å². The average molecular weight is 370 g/mol. The van der Waals surface area contributed by atoms with Crippen molar-refractivity contribution in [2.75, 3.05) is 26.2 Å². The number of rotatable bonds is 6. The standard InChI is InChI=1S/C19H25F3N2O2/c20-19(21,22)16-6-2-1-5-15(16)17(25)12-24-9-3-4-14(11-24)18(26)23-10-13-7-8-13/h1-2,5-6,13-14,17,25H,3-4,7-12H2,(H,23,26). The highest BCUT2D eigenvalue weighted by Gasteiger charge is 2.35. The third-order valence-electron chi connectivity index (χ3n) is 5.19. The molecule has 7 heteroatoms. The third-order valence-corrected chi connectivity index (χ3v) is 5.19. The summed E-state index contributed by atoms with van der Waals surface area (Å²) >= 11 is 0. The molecule has 144 valence electrons. The summed E-state index contributed by atoms with van der Waals surface area (Å²) in [5.74, 6) is 0.471. The predicted molar refractivity (Wildman–Crippen MR) is 91.3 cm³/mol. The van der Waals surface area contributed by atoms with Crippen molar-refractivity contribution in [2.24, 2.45) is 11.8 Å². The van der Waals surface area contributed by atoms with Gasteiger partial charge in [0.25, 0.3) is 0 Å². The Morgan fingerprint density at radius 3 is 2.69 bits per heavy atom. The minimum absolute atomic E-state index is 0.0202. The van der Waals surface area contributed by atoms with Crippen LogP contribution in [0, 0.1) is 11.8 Å². The number of halogens is 3. The first-order valence-electron chi connectivity index (χ1n) is 9.19. The number of β-amino-alcohol motifs (C(OH)–C–C–N with tert-alkyl or cyclic N) is 1. The highest BCUT2D eigenvalue weighted by molar-refractivity contribution is 5.79. The van der Waals surface area contributed by atoms with Crippen molar-refractivity contribution in [3.8, 4) is 0 Å². The second-order valence-electron chi connectivity index (χ2n) is 7.39. The van der Waals surface area contributed by atoms with Crippen molar-refractivity contribution >= 4 is 5.91 Å². The van der Waals surface area contributed by atoms with Gasteiger partial charge in [-0.05, 0) is 49.8 Å². The van der Waals surface area contributed by atoms with E-state index in [9.17, 15) is 23.1 Å². The van der Waals surface area contributed by atoms with Gasteiger partial charge in [-0.25, -0.2) is 0 Å². The maximum Gasteiger partial charge on any atom is 0.416 e. The lowest BCUT2D eigenvalue weighted by molar-refractivity contribution is -0.139. The molecule has 2 atom stereocenters. The first-order valence-corrected chi connectivity index (χ1v) is 9.19. The van der Waals surface area contributed by atoms with E-state index in [2.05, 4.69) is 5.32 Å². The summed E-state index contributed by atoms with van der Waals surface area (Å²) in [5.41, 5.74) is -0.913. The number of likely N-dealkylation sites (tertiary alicyclic amines) is 1. The molecule has 1 aromatic rings. The SMILES string of the molecule is O=C(NCC1CC1)C1CCCN(CC(O)c2ccccc2C(F)(F)F)C1. The lowest BCUT2D eigenvalue weighted by Crippen LogP contribution is -2.44. The predicted octanol–water partition coefficient (Wildman–Crippen LogP) is 2.98. The van der Waals surface area contributed by atoms with E-state index >= 15 is 0 Å². The summed E-state index contributed by atoms with van der Waals surface area (Å²) in [6, 6.07) is 5.12. The molecule has 1 aliphatic heterocycles. The van der Waals surface area contributed by atoms with E-state index in [-0.39, 0.29) is 23.9 Å². The molecule has 26 heavy (non-hydrogen) atoms. The zero-order chi connectivity index (χ0) is 18.7. The van der Waals surface area contributed by atoms with Crippen LogP contribution in [0.5, 0.6) is 0 Å². The Labute approximate surface area is 151 Å². The van der Waals surface area contributed by atoms with Crippen molar-refractivity contribution in [3.63, 3.8) is 0 Å². The highest BCUT2D eigenvalue weighted by Crippen LogP contribution is 2.35. The lowest BCUT2D eigenvalue weighted by atomic mass is 9.95. The molecule has 2 fully saturated rings. The Hall–Kier alpha value is -1.60. The van der Waals surface area contributed by atoms with Crippen LogP contribution in [0.4, 0.5) is 13.2 Å². The number of benzene rings is 1. The number of aliphatic hydroxyl groups is 1. The molecule has 1 heterocycles. The minimum atomic E-state index is -4.50. The van der Waals surface area contributed by atoms with Gasteiger partial charge in [0.15, 0.2) is 0 Å². The molecule has 1 aromatic carbocycles. The molecule has 0 spiro atoms. The van der Waals surface area contributed by atoms with Gasteiger partial charge in [-0.15, -0.1) is 0 Å². The normalized spacial score (nSPS) is 22.8. The van der Waals surface area contributed by atoms with E-state index in [1.54, 1.807) is 0 Å². The Balaban J connectivity index is 1.58. The summed E-state index contributed by atoms with van der Waals surface area (Å²) in [5, 5.41) is 13.4. The van der Waals surface area contributed by atoms with Gasteiger partial charge in [-0.3, -0.25) is 9.69 Å². The van der Waals surface area contributed by atoms with Gasteiger partial charge < -0.3 is 10.4 Å². The molecule has 3 rings (SSSR count). The quantitative estimate of drug-likeness (QED) is 0.810. The summed E-state index contributed by atoms with van der Waals surface area (Å²) in [4.78, 5) is 14.2. The maximum atomic E-state index is 13.1. The van der Waals surface area contributed by atoms with Gasteiger partial charge in [-0.2, -0.15) is 13.2 Å². The van der Waals surface area contributed by atoms with E-state index in [0.717, 1.165) is 25.5 Å². The van der Waals surface area contributed by atoms with Crippen LogP contribution in [0.15, 0.2) is 24.3 Å². The molecular weight excluding hydrogens is 345 g/mol. The topological polar surface area (TPSA) is 52.6 Å². The molecule has 0 radical (unpaired) electrons. The molecule has 1 saturated heterocycles. The molecule has 2 N–H and O–H groups in total. The zero-order valence-electron chi connectivity index (χ0n) is 14.6. The number of piperidine rings is 1. The van der Waals surface area contributed by atoms with E-state index in [0.29, 0.717) is 19.0 Å². The minimum Gasteiger partial charge on any atom is -0.387 e. The number of nitrogens with zero attached hydrogens (tertiary/aromatic N) is 1. The van der Waals surface area contributed by atoms with Crippen molar-refractivity contribution in [3.05, 3.63) is 35.4 Å². The Morgan fingerprint density at radius 2 is 2.00 bits per heavy atom. The number of carbonyl (C=O) groups is 1. The average Bonchev–Trinajstić information content (AvgIpc) is 3.43. The summed E-state index contributed by atoms with van der Waals surface area (Å²) in [6.07, 6.45) is -1.81. The van der Waals surface area contributed by atoms with E-state index in [1.165, 1.54) is 31.0 Å². The Morgan fingerprint density at radius 1 is 1.27 bits per heavy atom. The fourth-order valence-electron chi connectivity index (χ4n) is 3.54. The molecule has 2 unspecified atom stereocenters. The van der Waals surface area contributed by atoms with Gasteiger partial charge in [0.1, 0.15) is 0 Å². The number of carbonyl (C=O) groups excluding carboxylic acids is 1. The molecule has 0 bridgehead atoms. The second-order valence-corrected chi connectivity index (χ2v) is 7.39. The Kier molecular flexibility index (Phi) is 5.87. The molecule has 2 aliphatic rings. The molecule has 1 aliphatic carbocycles. The van der Waals surface area contributed by atoms with E-state index in [4.69, 9.17) is 0 Å². The van der Waals surface area contributed by atoms with Crippen LogP contribution in [0.1, 0.15) is 42.9 Å². The fourth-order valence-corrected chi connectivity index (χ4v) is 3.54. The van der Waals surface area contributed by atoms with Crippen LogP contribution < -0.4 is 5.32 Å². The monoisotopic (exact) mass is 370 g/mol. The van der Waals surface area contributed by atoms with Crippen LogP contribution in [0.25, 0.3) is 0 Å². The van der Waals surface area contributed by atoms with Crippen molar-refractivity contribution in [2.45, 2.75) is 38.0 Å². The summed E-state index contributed by atoms with van der Waals surface area (Å²) in [6.45, 7) is 1.97. The smallest absolute Gasteiger partial charge is 0.387 e. The molecule has 1 amide bonds. The molecule has 4 nitrogen and oxygen atoms in total. The van der Waals surface area contributed by atoms with E-state index in [1.807, 2.05) is 4.90 Å². The number of aliphatic hydroxyl groups excluding tert-OH is 1. The lowest BCUT2D eigenvalue weighted by Gasteiger charge is -2.33. The van der Waals surface area contributed by atoms with Crippen LogP contribution in [0.3, 0.4) is 0 Å². The number of amides is 1. The van der Waals surface area contributed by atoms with Crippen LogP contribution in [0.2, 0.25) is 0 Å². The Bertz CT molecular complexity index is 631. The molecular formula is C19H25F3N2O2. The van der Waals surface area contributed by atoms with Crippen LogP contribution >= 0.6 is 0 Å². The largest absolute Gasteiger partial charge is 0.416 e. The van der Waals surface area contributed by atoms with Gasteiger partial charge in [-0.1, -0.05) is 18.2 Å². The second kappa shape index (κ2) is 7.96. The van der Waals surface area contributed by atoms with E-state index < -0.39 is 17.8 Å². The van der Waals surface area contributed by atoms with Gasteiger partial charge in [0.2, 0.25) is 5.91 Å². The van der Waals surface area contributed by atoms with Gasteiger partial charge in [0.05, 0.1) is 17.6 Å². The highest BCUT2D eigenvalue weighted by atomic mass is 19.4. The number of nitrogens with one attached hydrogen (secondary N) is 1. The first-order chi connectivity index (χ1) is 12.3. The number of hydrogen-bond donors (Lipinski definition) is 2. The van der Waals surface area contributed by atoms with Crippen molar-refractivity contribution < 1.29 is 23.1 Å². The summed E-state index contributed by atoms with van der Waals surface area (Å²) in [7, 11) is 0. The van der Waals surface area contributed by atoms with Gasteiger partial charge in [0, 0.05) is 19.6 Å². The van der Waals surface area contributed by atoms with Crippen molar-refractivity contribution in [1.29, 1.82) is 0 Å².